The van der Waals surface area contributed by atoms with Gasteiger partial charge in [0.05, 0.1) is 24.4 Å². The normalized spacial score (nSPS) is 10.9. The van der Waals surface area contributed by atoms with Crippen molar-refractivity contribution in [2.24, 2.45) is 0 Å². The highest BCUT2D eigenvalue weighted by Gasteiger charge is 2.10. The fourth-order valence-corrected chi connectivity index (χ4v) is 3.41. The first-order valence-electron chi connectivity index (χ1n) is 7.19. The van der Waals surface area contributed by atoms with Crippen LogP contribution in [0.2, 0.25) is 0 Å². The highest BCUT2D eigenvalue weighted by atomic mass is 32.1. The van der Waals surface area contributed by atoms with Gasteiger partial charge in [-0.25, -0.2) is 9.97 Å². The van der Waals surface area contributed by atoms with Crippen LogP contribution in [0, 0.1) is 20.8 Å². The number of pyridine rings is 1. The Morgan fingerprint density at radius 2 is 2.00 bits per heavy atom. The van der Waals surface area contributed by atoms with Gasteiger partial charge in [0.2, 0.25) is 0 Å². The zero-order valence-electron chi connectivity index (χ0n) is 13.2. The van der Waals surface area contributed by atoms with E-state index in [-0.39, 0.29) is 0 Å². The number of benzene rings is 1. The molecule has 114 valence electrons. The molecule has 0 atom stereocenters. The van der Waals surface area contributed by atoms with Crippen molar-refractivity contribution in [2.45, 2.75) is 27.3 Å². The minimum absolute atomic E-state index is 0.714. The molecule has 1 N–H and O–H groups in total. The maximum Gasteiger partial charge on any atom is 0.145 e. The molecule has 0 spiro atoms. The lowest BCUT2D eigenvalue weighted by Gasteiger charge is -2.12. The number of aromatic nitrogens is 2. The summed E-state index contributed by atoms with van der Waals surface area (Å²) in [4.78, 5) is 10.4. The summed E-state index contributed by atoms with van der Waals surface area (Å²) in [7, 11) is 1.67. The molecule has 3 rings (SSSR count). The maximum absolute atomic E-state index is 5.42. The second-order valence-electron chi connectivity index (χ2n) is 5.26. The van der Waals surface area contributed by atoms with Gasteiger partial charge in [-0.1, -0.05) is 12.1 Å². The standard InChI is InChI=1S/C17H19N3OS/c1-10-8-14(18-9-15-11(2)22-12(3)20-15)13-6-5-7-16(21-4)17(13)19-10/h5-8H,9H2,1-4H3,(H,18,19). The van der Waals surface area contributed by atoms with E-state index >= 15 is 0 Å². The molecular weight excluding hydrogens is 294 g/mol. The molecule has 0 aliphatic heterocycles. The maximum atomic E-state index is 5.42. The molecule has 0 fully saturated rings. The molecule has 0 amide bonds. The summed E-state index contributed by atoms with van der Waals surface area (Å²) in [5.74, 6) is 0.796. The van der Waals surface area contributed by atoms with E-state index < -0.39 is 0 Å². The minimum Gasteiger partial charge on any atom is -0.494 e. The molecule has 0 saturated heterocycles. The van der Waals surface area contributed by atoms with Crippen LogP contribution in [0.15, 0.2) is 24.3 Å². The number of nitrogens with one attached hydrogen (secondary N) is 1. The van der Waals surface area contributed by atoms with Crippen molar-refractivity contribution in [1.29, 1.82) is 0 Å². The Kier molecular flexibility index (Phi) is 3.98. The number of anilines is 1. The van der Waals surface area contributed by atoms with Crippen molar-refractivity contribution in [1.82, 2.24) is 9.97 Å². The summed E-state index contributed by atoms with van der Waals surface area (Å²) in [6, 6.07) is 8.05. The Morgan fingerprint density at radius 1 is 1.18 bits per heavy atom. The van der Waals surface area contributed by atoms with E-state index in [2.05, 4.69) is 34.3 Å². The lowest BCUT2D eigenvalue weighted by molar-refractivity contribution is 0.419. The molecule has 2 heterocycles. The largest absolute Gasteiger partial charge is 0.494 e. The third-order valence-corrected chi connectivity index (χ3v) is 4.52. The lowest BCUT2D eigenvalue weighted by atomic mass is 10.1. The Bertz CT molecular complexity index is 826. The highest BCUT2D eigenvalue weighted by Crippen LogP contribution is 2.30. The third kappa shape index (κ3) is 2.76. The summed E-state index contributed by atoms with van der Waals surface area (Å²) in [5.41, 5.74) is 4.02. The average molecular weight is 313 g/mol. The second-order valence-corrected chi connectivity index (χ2v) is 6.66. The number of hydrogen-bond acceptors (Lipinski definition) is 5. The molecule has 0 bridgehead atoms. The van der Waals surface area contributed by atoms with Crippen LogP contribution in [0.5, 0.6) is 5.75 Å². The van der Waals surface area contributed by atoms with Crippen LogP contribution in [0.1, 0.15) is 21.3 Å². The summed E-state index contributed by atoms with van der Waals surface area (Å²) in [6.07, 6.45) is 0. The Balaban J connectivity index is 1.98. The predicted octanol–water partition coefficient (Wildman–Crippen LogP) is 4.24. The lowest BCUT2D eigenvalue weighted by Crippen LogP contribution is -2.03. The molecule has 1 aromatic carbocycles. The monoisotopic (exact) mass is 313 g/mol. The van der Waals surface area contributed by atoms with Crippen molar-refractivity contribution in [3.63, 3.8) is 0 Å². The molecule has 22 heavy (non-hydrogen) atoms. The van der Waals surface area contributed by atoms with Crippen molar-refractivity contribution >= 4 is 27.9 Å². The van der Waals surface area contributed by atoms with Crippen LogP contribution >= 0.6 is 11.3 Å². The second kappa shape index (κ2) is 5.93. The molecule has 3 aromatic rings. The van der Waals surface area contributed by atoms with Gasteiger partial charge in [-0.2, -0.15) is 0 Å². The zero-order chi connectivity index (χ0) is 15.7. The first kappa shape index (κ1) is 14.8. The molecular formula is C17H19N3OS. The Labute approximate surface area is 134 Å². The van der Waals surface area contributed by atoms with Gasteiger partial charge < -0.3 is 10.1 Å². The van der Waals surface area contributed by atoms with Gasteiger partial charge in [0.1, 0.15) is 11.3 Å². The molecule has 0 unspecified atom stereocenters. The highest BCUT2D eigenvalue weighted by molar-refractivity contribution is 7.11. The van der Waals surface area contributed by atoms with E-state index in [4.69, 9.17) is 4.74 Å². The Hall–Kier alpha value is -2.14. The number of hydrogen-bond donors (Lipinski definition) is 1. The van der Waals surface area contributed by atoms with Crippen LogP contribution in [0.3, 0.4) is 0 Å². The molecule has 0 aliphatic carbocycles. The molecule has 0 radical (unpaired) electrons. The number of fused-ring (bicyclic) bond motifs is 1. The fraction of sp³-hybridized carbons (Fsp3) is 0.294. The van der Waals surface area contributed by atoms with Crippen molar-refractivity contribution < 1.29 is 4.74 Å². The van der Waals surface area contributed by atoms with E-state index in [1.54, 1.807) is 18.4 Å². The average Bonchev–Trinajstić information content (AvgIpc) is 2.82. The van der Waals surface area contributed by atoms with E-state index in [1.165, 1.54) is 4.88 Å². The smallest absolute Gasteiger partial charge is 0.145 e. The number of nitrogens with zero attached hydrogens (tertiary/aromatic N) is 2. The van der Waals surface area contributed by atoms with Crippen LogP contribution in [0.25, 0.3) is 10.9 Å². The minimum atomic E-state index is 0.714. The number of ether oxygens (including phenoxy) is 1. The van der Waals surface area contributed by atoms with Crippen LogP contribution < -0.4 is 10.1 Å². The van der Waals surface area contributed by atoms with Gasteiger partial charge in [-0.05, 0) is 32.9 Å². The fourth-order valence-electron chi connectivity index (χ4n) is 2.58. The number of thiazole rings is 1. The molecule has 2 aromatic heterocycles. The number of aryl methyl sites for hydroxylation is 3. The van der Waals surface area contributed by atoms with E-state index in [1.807, 2.05) is 26.0 Å². The first-order valence-corrected chi connectivity index (χ1v) is 8.01. The van der Waals surface area contributed by atoms with Crippen molar-refractivity contribution in [3.8, 4) is 5.75 Å². The molecule has 0 aliphatic rings. The topological polar surface area (TPSA) is 47.0 Å². The van der Waals surface area contributed by atoms with E-state index in [0.29, 0.717) is 6.54 Å². The van der Waals surface area contributed by atoms with Crippen LogP contribution in [-0.4, -0.2) is 17.1 Å². The number of para-hydroxylation sites is 1. The van der Waals surface area contributed by atoms with Crippen LogP contribution in [-0.2, 0) is 6.54 Å². The summed E-state index contributed by atoms with van der Waals surface area (Å²) in [6.45, 7) is 6.86. The quantitative estimate of drug-likeness (QED) is 0.782. The molecule has 5 heteroatoms. The van der Waals surface area contributed by atoms with Gasteiger partial charge in [-0.15, -0.1) is 11.3 Å². The van der Waals surface area contributed by atoms with Gasteiger partial charge in [0.15, 0.2) is 0 Å². The van der Waals surface area contributed by atoms with Gasteiger partial charge in [0.25, 0.3) is 0 Å². The van der Waals surface area contributed by atoms with Crippen molar-refractivity contribution in [3.05, 3.63) is 45.5 Å². The zero-order valence-corrected chi connectivity index (χ0v) is 14.0. The number of rotatable bonds is 4. The van der Waals surface area contributed by atoms with E-state index in [9.17, 15) is 0 Å². The van der Waals surface area contributed by atoms with Gasteiger partial charge in [0, 0.05) is 21.6 Å². The predicted molar refractivity (Wildman–Crippen MR) is 91.9 cm³/mol. The third-order valence-electron chi connectivity index (χ3n) is 3.60. The van der Waals surface area contributed by atoms with E-state index in [0.717, 1.165) is 38.7 Å². The van der Waals surface area contributed by atoms with Crippen molar-refractivity contribution in [2.75, 3.05) is 12.4 Å². The number of methoxy groups -OCH3 is 1. The summed E-state index contributed by atoms with van der Waals surface area (Å²) in [5, 5.41) is 5.67. The SMILES string of the molecule is COc1cccc2c(NCc3nc(C)sc3C)cc(C)nc12. The Morgan fingerprint density at radius 3 is 2.68 bits per heavy atom. The molecule has 4 nitrogen and oxygen atoms in total. The van der Waals surface area contributed by atoms with Crippen LogP contribution in [0.4, 0.5) is 5.69 Å². The van der Waals surface area contributed by atoms with Gasteiger partial charge >= 0.3 is 0 Å². The summed E-state index contributed by atoms with van der Waals surface area (Å²) < 4.78 is 5.42. The summed E-state index contributed by atoms with van der Waals surface area (Å²) >= 11 is 1.73. The molecule has 0 saturated carbocycles. The first-order chi connectivity index (χ1) is 10.6. The van der Waals surface area contributed by atoms with Gasteiger partial charge in [-0.3, -0.25) is 0 Å².